The largest absolute Gasteiger partial charge is 0.326 e. The van der Waals surface area contributed by atoms with Gasteiger partial charge < -0.3 is 9.88 Å². The van der Waals surface area contributed by atoms with Gasteiger partial charge >= 0.3 is 5.69 Å². The van der Waals surface area contributed by atoms with Crippen molar-refractivity contribution in [2.45, 2.75) is 32.7 Å². The van der Waals surface area contributed by atoms with Crippen molar-refractivity contribution < 1.29 is 0 Å². The minimum Gasteiger partial charge on any atom is -0.306 e. The van der Waals surface area contributed by atoms with Crippen LogP contribution in [-0.2, 0) is 0 Å². The number of piperidine rings is 1. The molecule has 102 valence electrons. The maximum Gasteiger partial charge on any atom is 0.326 e. The Morgan fingerprint density at radius 1 is 1.42 bits per heavy atom. The second-order valence-electron chi connectivity index (χ2n) is 5.46. The number of hydrogen-bond acceptors (Lipinski definition) is 2. The van der Waals surface area contributed by atoms with Crippen LogP contribution in [0.2, 0.25) is 0 Å². The Hall–Kier alpha value is -1.55. The lowest BCUT2D eigenvalue weighted by atomic mass is 10.0. The molecule has 1 atom stereocenters. The summed E-state index contributed by atoms with van der Waals surface area (Å²) >= 11 is 0. The summed E-state index contributed by atoms with van der Waals surface area (Å²) in [6, 6.07) is 6.36. The fraction of sp³-hybridized carbons (Fsp3) is 0.533. The van der Waals surface area contributed by atoms with Crippen LogP contribution in [0.15, 0.2) is 23.0 Å². The van der Waals surface area contributed by atoms with Crippen LogP contribution in [0.25, 0.3) is 11.0 Å². The number of hydrogen-bond donors (Lipinski definition) is 1. The number of para-hydroxylation sites is 1. The normalized spacial score (nSPS) is 21.1. The lowest BCUT2D eigenvalue weighted by molar-refractivity contribution is 0.185. The van der Waals surface area contributed by atoms with Gasteiger partial charge in [-0.1, -0.05) is 19.1 Å². The number of aromatic amines is 1. The van der Waals surface area contributed by atoms with Gasteiger partial charge in [-0.3, -0.25) is 4.57 Å². The molecule has 1 saturated heterocycles. The third-order valence-corrected chi connectivity index (χ3v) is 4.23. The van der Waals surface area contributed by atoms with Gasteiger partial charge in [0.1, 0.15) is 0 Å². The molecule has 0 amide bonds. The van der Waals surface area contributed by atoms with E-state index in [-0.39, 0.29) is 5.69 Å². The van der Waals surface area contributed by atoms with E-state index >= 15 is 0 Å². The highest BCUT2D eigenvalue weighted by atomic mass is 16.1. The molecular formula is C15H21N3O. The minimum atomic E-state index is 0.0345. The highest BCUT2D eigenvalue weighted by Gasteiger charge is 2.23. The van der Waals surface area contributed by atoms with Crippen LogP contribution in [0.3, 0.4) is 0 Å². The quantitative estimate of drug-likeness (QED) is 0.899. The zero-order valence-corrected chi connectivity index (χ0v) is 11.6. The number of likely N-dealkylation sites (tertiary alicyclic amines) is 1. The standard InChI is InChI=1S/C15H21N3O/c1-3-17-9-5-7-12(10-17)18-14-11(2)6-4-8-13(14)16-15(18)19/h4,6,8,12H,3,5,7,9-10H2,1-2H3,(H,16,19). The molecule has 19 heavy (non-hydrogen) atoms. The molecule has 0 aliphatic carbocycles. The number of aromatic nitrogens is 2. The Balaban J connectivity index is 2.09. The zero-order chi connectivity index (χ0) is 13.4. The van der Waals surface area contributed by atoms with Crippen LogP contribution in [0, 0.1) is 6.92 Å². The van der Waals surface area contributed by atoms with E-state index in [0.29, 0.717) is 6.04 Å². The predicted molar refractivity (Wildman–Crippen MR) is 77.7 cm³/mol. The third kappa shape index (κ3) is 2.10. The van der Waals surface area contributed by atoms with Gasteiger partial charge in [0.05, 0.1) is 17.1 Å². The van der Waals surface area contributed by atoms with Crippen LogP contribution in [0.5, 0.6) is 0 Å². The summed E-state index contributed by atoms with van der Waals surface area (Å²) in [5, 5.41) is 0. The van der Waals surface area contributed by atoms with Crippen molar-refractivity contribution in [3.8, 4) is 0 Å². The molecule has 4 nitrogen and oxygen atoms in total. The Morgan fingerprint density at radius 2 is 2.26 bits per heavy atom. The van der Waals surface area contributed by atoms with Crippen molar-refractivity contribution in [2.24, 2.45) is 0 Å². The van der Waals surface area contributed by atoms with Gasteiger partial charge in [-0.15, -0.1) is 0 Å². The average molecular weight is 259 g/mol. The number of nitrogens with one attached hydrogen (secondary N) is 1. The molecule has 1 N–H and O–H groups in total. The Morgan fingerprint density at radius 3 is 3.05 bits per heavy atom. The summed E-state index contributed by atoms with van der Waals surface area (Å²) in [6.07, 6.45) is 2.27. The first kappa shape index (κ1) is 12.5. The van der Waals surface area contributed by atoms with Crippen LogP contribution >= 0.6 is 0 Å². The topological polar surface area (TPSA) is 41.0 Å². The van der Waals surface area contributed by atoms with Crippen LogP contribution in [0.4, 0.5) is 0 Å². The number of imidazole rings is 1. The number of benzene rings is 1. The molecule has 0 saturated carbocycles. The molecule has 0 bridgehead atoms. The molecule has 2 heterocycles. The predicted octanol–water partition coefficient (Wildman–Crippen LogP) is 2.29. The van der Waals surface area contributed by atoms with E-state index in [1.165, 1.54) is 12.0 Å². The Bertz CT molecular complexity index is 640. The van der Waals surface area contributed by atoms with Gasteiger partial charge in [-0.05, 0) is 44.5 Å². The summed E-state index contributed by atoms with van der Waals surface area (Å²) in [5.41, 5.74) is 3.24. The number of H-pyrrole nitrogens is 1. The molecular weight excluding hydrogens is 238 g/mol. The molecule has 1 aliphatic rings. The first-order valence-corrected chi connectivity index (χ1v) is 7.13. The van der Waals surface area contributed by atoms with Crippen molar-refractivity contribution >= 4 is 11.0 Å². The summed E-state index contributed by atoms with van der Waals surface area (Å²) in [5.74, 6) is 0. The SMILES string of the molecule is CCN1CCCC(n2c(=O)[nH]c3cccc(C)c32)C1. The van der Waals surface area contributed by atoms with Gasteiger partial charge in [0, 0.05) is 6.54 Å². The van der Waals surface area contributed by atoms with Crippen molar-refractivity contribution in [1.29, 1.82) is 0 Å². The van der Waals surface area contributed by atoms with Gasteiger partial charge in [0.2, 0.25) is 0 Å². The number of fused-ring (bicyclic) bond motifs is 1. The van der Waals surface area contributed by atoms with E-state index in [1.54, 1.807) is 0 Å². The van der Waals surface area contributed by atoms with E-state index in [9.17, 15) is 4.79 Å². The molecule has 2 aromatic rings. The Labute approximate surface area is 113 Å². The van der Waals surface area contributed by atoms with E-state index < -0.39 is 0 Å². The Kier molecular flexibility index (Phi) is 3.19. The third-order valence-electron chi connectivity index (χ3n) is 4.23. The molecule has 1 aromatic carbocycles. The van der Waals surface area contributed by atoms with E-state index in [4.69, 9.17) is 0 Å². The minimum absolute atomic E-state index is 0.0345. The number of aryl methyl sites for hydroxylation is 1. The highest BCUT2D eigenvalue weighted by molar-refractivity contribution is 5.78. The molecule has 1 fully saturated rings. The smallest absolute Gasteiger partial charge is 0.306 e. The first-order chi connectivity index (χ1) is 9.20. The molecule has 3 rings (SSSR count). The summed E-state index contributed by atoms with van der Waals surface area (Å²) < 4.78 is 1.98. The van der Waals surface area contributed by atoms with Gasteiger partial charge in [0.15, 0.2) is 0 Å². The first-order valence-electron chi connectivity index (χ1n) is 7.13. The van der Waals surface area contributed by atoms with Crippen LogP contribution < -0.4 is 5.69 Å². The lowest BCUT2D eigenvalue weighted by Crippen LogP contribution is -2.39. The molecule has 1 aromatic heterocycles. The van der Waals surface area contributed by atoms with Gasteiger partial charge in [-0.2, -0.15) is 0 Å². The van der Waals surface area contributed by atoms with Crippen molar-refractivity contribution in [3.63, 3.8) is 0 Å². The van der Waals surface area contributed by atoms with Crippen molar-refractivity contribution in [3.05, 3.63) is 34.2 Å². The van der Waals surface area contributed by atoms with Crippen LogP contribution in [0.1, 0.15) is 31.4 Å². The van der Waals surface area contributed by atoms with E-state index in [2.05, 4.69) is 29.8 Å². The average Bonchev–Trinajstić information content (AvgIpc) is 2.76. The number of rotatable bonds is 2. The van der Waals surface area contributed by atoms with E-state index in [0.717, 1.165) is 37.1 Å². The molecule has 4 heteroatoms. The van der Waals surface area contributed by atoms with Gasteiger partial charge in [-0.25, -0.2) is 4.79 Å². The monoisotopic (exact) mass is 259 g/mol. The number of nitrogens with zero attached hydrogens (tertiary/aromatic N) is 2. The summed E-state index contributed by atoms with van der Waals surface area (Å²) in [7, 11) is 0. The van der Waals surface area contributed by atoms with Crippen molar-refractivity contribution in [2.75, 3.05) is 19.6 Å². The second-order valence-corrected chi connectivity index (χ2v) is 5.46. The van der Waals surface area contributed by atoms with Crippen molar-refractivity contribution in [1.82, 2.24) is 14.5 Å². The highest BCUT2D eigenvalue weighted by Crippen LogP contribution is 2.25. The van der Waals surface area contributed by atoms with Crippen LogP contribution in [-0.4, -0.2) is 34.1 Å². The maximum absolute atomic E-state index is 12.3. The second kappa shape index (κ2) is 4.85. The molecule has 1 aliphatic heterocycles. The lowest BCUT2D eigenvalue weighted by Gasteiger charge is -2.32. The summed E-state index contributed by atoms with van der Waals surface area (Å²) in [4.78, 5) is 17.7. The fourth-order valence-electron chi connectivity index (χ4n) is 3.23. The maximum atomic E-state index is 12.3. The fourth-order valence-corrected chi connectivity index (χ4v) is 3.23. The van der Waals surface area contributed by atoms with Gasteiger partial charge in [0.25, 0.3) is 0 Å². The zero-order valence-electron chi connectivity index (χ0n) is 11.6. The summed E-state index contributed by atoms with van der Waals surface area (Å²) in [6.45, 7) is 7.46. The number of likely N-dealkylation sites (N-methyl/N-ethyl adjacent to an activating group) is 1. The molecule has 0 spiro atoms. The molecule has 1 unspecified atom stereocenters. The molecule has 0 radical (unpaired) electrons. The van der Waals surface area contributed by atoms with E-state index in [1.807, 2.05) is 16.7 Å².